The van der Waals surface area contributed by atoms with Gasteiger partial charge in [0.05, 0.1) is 0 Å². The highest BCUT2D eigenvalue weighted by Gasteiger charge is 2.27. The van der Waals surface area contributed by atoms with Crippen LogP contribution in [0.4, 0.5) is 4.39 Å². The Morgan fingerprint density at radius 1 is 1.24 bits per heavy atom. The molecule has 0 radical (unpaired) electrons. The summed E-state index contributed by atoms with van der Waals surface area (Å²) >= 11 is 6.07. The van der Waals surface area contributed by atoms with E-state index in [1.807, 2.05) is 24.3 Å². The Bertz CT molecular complexity index is 650. The quantitative estimate of drug-likeness (QED) is 0.947. The number of benzene rings is 2. The number of halogens is 2. The highest BCUT2D eigenvalue weighted by molar-refractivity contribution is 6.31. The Balaban J connectivity index is 1.72. The topological polar surface area (TPSA) is 44.5 Å². The van der Waals surface area contributed by atoms with E-state index < -0.39 is 0 Å². The second-order valence-corrected chi connectivity index (χ2v) is 5.42. The van der Waals surface area contributed by atoms with Crippen molar-refractivity contribution >= 4 is 11.6 Å². The predicted octanol–water partition coefficient (Wildman–Crippen LogP) is 3.19. The molecule has 0 saturated heterocycles. The molecule has 3 rings (SSSR count). The van der Waals surface area contributed by atoms with Crippen molar-refractivity contribution in [2.45, 2.75) is 18.6 Å². The first-order chi connectivity index (χ1) is 10.1. The maximum atomic E-state index is 13.3. The molecule has 1 aliphatic heterocycles. The molecule has 0 spiro atoms. The van der Waals surface area contributed by atoms with Gasteiger partial charge in [0.15, 0.2) is 11.5 Å². The summed E-state index contributed by atoms with van der Waals surface area (Å²) < 4.78 is 24.8. The molecule has 1 aliphatic rings. The van der Waals surface area contributed by atoms with E-state index in [0.717, 1.165) is 0 Å². The van der Waals surface area contributed by atoms with E-state index in [-0.39, 0.29) is 18.0 Å². The molecule has 110 valence electrons. The Morgan fingerprint density at radius 3 is 2.81 bits per heavy atom. The van der Waals surface area contributed by atoms with Crippen molar-refractivity contribution in [1.82, 2.24) is 0 Å². The van der Waals surface area contributed by atoms with Crippen LogP contribution in [0, 0.1) is 5.82 Å². The van der Waals surface area contributed by atoms with E-state index in [1.165, 1.54) is 18.2 Å². The number of fused-ring (bicyclic) bond motifs is 1. The van der Waals surface area contributed by atoms with Gasteiger partial charge in [-0.15, -0.1) is 0 Å². The normalized spacial score (nSPS) is 18.3. The van der Waals surface area contributed by atoms with Gasteiger partial charge in [0.25, 0.3) is 0 Å². The second-order valence-electron chi connectivity index (χ2n) is 5.02. The third-order valence-electron chi connectivity index (χ3n) is 3.47. The summed E-state index contributed by atoms with van der Waals surface area (Å²) in [7, 11) is 0. The fourth-order valence-corrected chi connectivity index (χ4v) is 2.53. The van der Waals surface area contributed by atoms with E-state index in [2.05, 4.69) is 0 Å². The summed E-state index contributed by atoms with van der Waals surface area (Å²) in [5.41, 5.74) is 6.84. The first-order valence-electron chi connectivity index (χ1n) is 6.71. The first-order valence-corrected chi connectivity index (χ1v) is 7.09. The van der Waals surface area contributed by atoms with Crippen molar-refractivity contribution in [3.05, 3.63) is 58.9 Å². The molecular formula is C16H15ClFNO2. The van der Waals surface area contributed by atoms with Gasteiger partial charge < -0.3 is 15.2 Å². The third-order valence-corrected chi connectivity index (χ3v) is 3.84. The van der Waals surface area contributed by atoms with Gasteiger partial charge in [-0.05, 0) is 42.3 Å². The minimum absolute atomic E-state index is 0.292. The standard InChI is InChI=1S/C16H15ClFNO2/c17-12-6-5-11(18)7-10(12)8-13(19)16-9-20-14-3-1-2-4-15(14)21-16/h1-7,13,16H,8-9,19H2. The lowest BCUT2D eigenvalue weighted by Gasteiger charge is -2.30. The number of rotatable bonds is 3. The van der Waals surface area contributed by atoms with Crippen LogP contribution in [0.25, 0.3) is 0 Å². The minimum atomic E-state index is -0.336. The summed E-state index contributed by atoms with van der Waals surface area (Å²) in [5, 5.41) is 0.504. The van der Waals surface area contributed by atoms with Crippen LogP contribution in [-0.2, 0) is 6.42 Å². The SMILES string of the molecule is NC(Cc1cc(F)ccc1Cl)C1COc2ccccc2O1. The van der Waals surface area contributed by atoms with E-state index in [4.69, 9.17) is 26.8 Å². The Morgan fingerprint density at radius 2 is 2.00 bits per heavy atom. The van der Waals surface area contributed by atoms with E-state index in [9.17, 15) is 4.39 Å². The number of para-hydroxylation sites is 2. The molecular weight excluding hydrogens is 293 g/mol. The lowest BCUT2D eigenvalue weighted by molar-refractivity contribution is 0.0722. The average molecular weight is 308 g/mol. The molecule has 3 nitrogen and oxygen atoms in total. The molecule has 21 heavy (non-hydrogen) atoms. The number of hydrogen-bond donors (Lipinski definition) is 1. The van der Waals surface area contributed by atoms with Crippen LogP contribution < -0.4 is 15.2 Å². The lowest BCUT2D eigenvalue weighted by atomic mass is 10.0. The zero-order valence-electron chi connectivity index (χ0n) is 11.3. The molecule has 1 heterocycles. The Kier molecular flexibility index (Phi) is 3.99. The van der Waals surface area contributed by atoms with Gasteiger partial charge in [-0.1, -0.05) is 23.7 Å². The fraction of sp³-hybridized carbons (Fsp3) is 0.250. The van der Waals surface area contributed by atoms with Gasteiger partial charge in [-0.3, -0.25) is 0 Å². The Labute approximate surface area is 127 Å². The van der Waals surface area contributed by atoms with Crippen LogP contribution in [0.5, 0.6) is 11.5 Å². The number of hydrogen-bond acceptors (Lipinski definition) is 3. The number of nitrogens with two attached hydrogens (primary N) is 1. The molecule has 2 aromatic rings. The molecule has 0 bridgehead atoms. The van der Waals surface area contributed by atoms with Gasteiger partial charge in [-0.2, -0.15) is 0 Å². The zero-order valence-corrected chi connectivity index (χ0v) is 12.0. The van der Waals surface area contributed by atoms with Crippen molar-refractivity contribution in [3.63, 3.8) is 0 Å². The lowest BCUT2D eigenvalue weighted by Crippen LogP contribution is -2.46. The maximum Gasteiger partial charge on any atom is 0.161 e. The zero-order chi connectivity index (χ0) is 14.8. The van der Waals surface area contributed by atoms with Crippen LogP contribution in [-0.4, -0.2) is 18.8 Å². The van der Waals surface area contributed by atoms with E-state index in [0.29, 0.717) is 35.1 Å². The van der Waals surface area contributed by atoms with Gasteiger partial charge in [0.1, 0.15) is 18.5 Å². The number of ether oxygens (including phenoxy) is 2. The highest BCUT2D eigenvalue weighted by Crippen LogP contribution is 2.32. The smallest absolute Gasteiger partial charge is 0.161 e. The van der Waals surface area contributed by atoms with Gasteiger partial charge in [0.2, 0.25) is 0 Å². The molecule has 0 aliphatic carbocycles. The predicted molar refractivity (Wildman–Crippen MR) is 79.4 cm³/mol. The summed E-state index contributed by atoms with van der Waals surface area (Å²) in [6.07, 6.45) is 0.131. The molecule has 0 aromatic heterocycles. The molecule has 0 amide bonds. The fourth-order valence-electron chi connectivity index (χ4n) is 2.33. The van der Waals surface area contributed by atoms with Crippen LogP contribution in [0.1, 0.15) is 5.56 Å². The van der Waals surface area contributed by atoms with Gasteiger partial charge >= 0.3 is 0 Å². The second kappa shape index (κ2) is 5.92. The van der Waals surface area contributed by atoms with Gasteiger partial charge in [0, 0.05) is 11.1 Å². The summed E-state index contributed by atoms with van der Waals surface area (Å²) in [6.45, 7) is 0.366. The molecule has 2 aromatic carbocycles. The Hall–Kier alpha value is -1.78. The van der Waals surface area contributed by atoms with E-state index in [1.54, 1.807) is 0 Å². The molecule has 0 fully saturated rings. The third kappa shape index (κ3) is 3.12. The average Bonchev–Trinajstić information content (AvgIpc) is 2.50. The van der Waals surface area contributed by atoms with E-state index >= 15 is 0 Å². The largest absolute Gasteiger partial charge is 0.486 e. The molecule has 2 N–H and O–H groups in total. The van der Waals surface area contributed by atoms with Crippen molar-refractivity contribution < 1.29 is 13.9 Å². The summed E-state index contributed by atoms with van der Waals surface area (Å²) in [6, 6.07) is 11.4. The summed E-state index contributed by atoms with van der Waals surface area (Å²) in [5.74, 6) is 1.06. The molecule has 0 saturated carbocycles. The monoisotopic (exact) mass is 307 g/mol. The van der Waals surface area contributed by atoms with Crippen LogP contribution >= 0.6 is 11.6 Å². The van der Waals surface area contributed by atoms with Crippen molar-refractivity contribution in [3.8, 4) is 11.5 Å². The van der Waals surface area contributed by atoms with Crippen LogP contribution in [0.2, 0.25) is 5.02 Å². The molecule has 2 atom stereocenters. The van der Waals surface area contributed by atoms with Crippen LogP contribution in [0.3, 0.4) is 0 Å². The maximum absolute atomic E-state index is 13.3. The molecule has 2 unspecified atom stereocenters. The first kappa shape index (κ1) is 14.2. The highest BCUT2D eigenvalue weighted by atomic mass is 35.5. The van der Waals surface area contributed by atoms with Gasteiger partial charge in [-0.25, -0.2) is 4.39 Å². The van der Waals surface area contributed by atoms with Crippen molar-refractivity contribution in [2.24, 2.45) is 5.73 Å². The minimum Gasteiger partial charge on any atom is -0.486 e. The van der Waals surface area contributed by atoms with Crippen molar-refractivity contribution in [2.75, 3.05) is 6.61 Å². The van der Waals surface area contributed by atoms with Crippen molar-refractivity contribution in [1.29, 1.82) is 0 Å². The molecule has 5 heteroatoms. The summed E-state index contributed by atoms with van der Waals surface area (Å²) in [4.78, 5) is 0. The van der Waals surface area contributed by atoms with Crippen LogP contribution in [0.15, 0.2) is 42.5 Å².